The number of anilines is 1. The van der Waals surface area contributed by atoms with Gasteiger partial charge in [0.05, 0.1) is 11.8 Å². The topological polar surface area (TPSA) is 79.5 Å². The van der Waals surface area contributed by atoms with Crippen LogP contribution < -0.4 is 10.6 Å². The number of aryl methyl sites for hydroxylation is 1. The van der Waals surface area contributed by atoms with E-state index in [9.17, 15) is 8.42 Å². The van der Waals surface area contributed by atoms with Gasteiger partial charge in [0.25, 0.3) is 0 Å². The largest absolute Gasteiger partial charge is 0.389 e. The zero-order valence-corrected chi connectivity index (χ0v) is 13.2. The van der Waals surface area contributed by atoms with Crippen molar-refractivity contribution < 1.29 is 8.42 Å². The van der Waals surface area contributed by atoms with Crippen molar-refractivity contribution in [2.75, 3.05) is 37.3 Å². The van der Waals surface area contributed by atoms with Gasteiger partial charge >= 0.3 is 0 Å². The predicted octanol–water partition coefficient (Wildman–Crippen LogP) is 0.106. The first-order valence-electron chi connectivity index (χ1n) is 6.26. The van der Waals surface area contributed by atoms with Crippen LogP contribution in [0.1, 0.15) is 11.1 Å². The van der Waals surface area contributed by atoms with E-state index in [1.807, 2.05) is 17.9 Å². The van der Waals surface area contributed by atoms with Crippen LogP contribution >= 0.6 is 12.2 Å². The molecule has 1 aromatic heterocycles. The zero-order valence-electron chi connectivity index (χ0n) is 11.5. The molecule has 1 aliphatic heterocycles. The quantitative estimate of drug-likeness (QED) is 0.798. The number of piperazine rings is 1. The molecule has 20 heavy (non-hydrogen) atoms. The fourth-order valence-corrected chi connectivity index (χ4v) is 3.40. The van der Waals surface area contributed by atoms with E-state index in [2.05, 4.69) is 4.98 Å². The average molecular weight is 314 g/mol. The fourth-order valence-electron chi connectivity index (χ4n) is 2.32. The second-order valence-electron chi connectivity index (χ2n) is 4.84. The van der Waals surface area contributed by atoms with Crippen LogP contribution in [0.3, 0.4) is 0 Å². The molecule has 110 valence electrons. The van der Waals surface area contributed by atoms with Crippen LogP contribution in [0.4, 0.5) is 5.82 Å². The molecule has 0 atom stereocenters. The highest BCUT2D eigenvalue weighted by atomic mass is 32.2. The van der Waals surface area contributed by atoms with E-state index in [0.717, 1.165) is 16.9 Å². The van der Waals surface area contributed by atoms with E-state index in [4.69, 9.17) is 18.0 Å². The summed E-state index contributed by atoms with van der Waals surface area (Å²) in [7, 11) is -3.13. The summed E-state index contributed by atoms with van der Waals surface area (Å²) in [6.45, 7) is 4.00. The minimum absolute atomic E-state index is 0.316. The number of hydrogen-bond acceptors (Lipinski definition) is 5. The Balaban J connectivity index is 2.24. The SMILES string of the molecule is Cc1ccnc(N2CCN(S(C)(=O)=O)CC2)c1C(N)=S. The molecule has 0 unspecified atom stereocenters. The lowest BCUT2D eigenvalue weighted by Crippen LogP contribution is -2.49. The summed E-state index contributed by atoms with van der Waals surface area (Å²) in [6.07, 6.45) is 2.95. The van der Waals surface area contributed by atoms with E-state index >= 15 is 0 Å². The van der Waals surface area contributed by atoms with Gasteiger partial charge in [0.15, 0.2) is 0 Å². The van der Waals surface area contributed by atoms with E-state index in [0.29, 0.717) is 31.2 Å². The third-order valence-corrected chi connectivity index (χ3v) is 4.90. The number of sulfonamides is 1. The number of nitrogens with two attached hydrogens (primary N) is 1. The van der Waals surface area contributed by atoms with E-state index < -0.39 is 10.0 Å². The van der Waals surface area contributed by atoms with Crippen LogP contribution in [-0.2, 0) is 10.0 Å². The molecule has 0 saturated carbocycles. The van der Waals surface area contributed by atoms with Crippen molar-refractivity contribution in [1.82, 2.24) is 9.29 Å². The maximum Gasteiger partial charge on any atom is 0.211 e. The molecule has 2 N–H and O–H groups in total. The van der Waals surface area contributed by atoms with Gasteiger partial charge in [-0.1, -0.05) is 12.2 Å². The van der Waals surface area contributed by atoms with E-state index in [1.165, 1.54) is 10.6 Å². The zero-order chi connectivity index (χ0) is 14.9. The molecular weight excluding hydrogens is 296 g/mol. The van der Waals surface area contributed by atoms with Gasteiger partial charge in [0.2, 0.25) is 10.0 Å². The Kier molecular flexibility index (Phi) is 4.26. The molecule has 0 bridgehead atoms. The molecule has 1 aromatic rings. The van der Waals surface area contributed by atoms with Crippen LogP contribution in [0.2, 0.25) is 0 Å². The minimum atomic E-state index is -3.13. The summed E-state index contributed by atoms with van der Waals surface area (Å²) in [4.78, 5) is 6.71. The Hall–Kier alpha value is -1.25. The molecule has 0 amide bonds. The first-order chi connectivity index (χ1) is 9.30. The third-order valence-electron chi connectivity index (χ3n) is 3.39. The maximum atomic E-state index is 11.5. The Morgan fingerprint density at radius 2 is 1.95 bits per heavy atom. The van der Waals surface area contributed by atoms with E-state index in [1.54, 1.807) is 6.20 Å². The third kappa shape index (κ3) is 3.08. The molecule has 8 heteroatoms. The van der Waals surface area contributed by atoms with Gasteiger partial charge in [-0.25, -0.2) is 13.4 Å². The van der Waals surface area contributed by atoms with Crippen LogP contribution in [0.15, 0.2) is 12.3 Å². The van der Waals surface area contributed by atoms with Crippen molar-refractivity contribution >= 4 is 33.0 Å². The monoisotopic (exact) mass is 314 g/mol. The molecule has 0 radical (unpaired) electrons. The standard InChI is InChI=1S/C12H18N4O2S2/c1-9-3-4-14-12(10(9)11(13)19)15-5-7-16(8-6-15)20(2,17)18/h3-4H,5-8H2,1-2H3,(H2,13,19). The van der Waals surface area contributed by atoms with Gasteiger partial charge in [-0.15, -0.1) is 0 Å². The highest BCUT2D eigenvalue weighted by Gasteiger charge is 2.26. The number of hydrogen-bond donors (Lipinski definition) is 1. The van der Waals surface area contributed by atoms with Gasteiger partial charge < -0.3 is 10.6 Å². The lowest BCUT2D eigenvalue weighted by molar-refractivity contribution is 0.387. The lowest BCUT2D eigenvalue weighted by Gasteiger charge is -2.35. The predicted molar refractivity (Wildman–Crippen MR) is 83.5 cm³/mol. The molecular formula is C12H18N4O2S2. The van der Waals surface area contributed by atoms with Crippen LogP contribution in [0.25, 0.3) is 0 Å². The van der Waals surface area contributed by atoms with Crippen molar-refractivity contribution in [3.63, 3.8) is 0 Å². The Morgan fingerprint density at radius 1 is 1.35 bits per heavy atom. The minimum Gasteiger partial charge on any atom is -0.389 e. The van der Waals surface area contributed by atoms with Gasteiger partial charge in [-0.05, 0) is 18.6 Å². The summed E-state index contributed by atoms with van der Waals surface area (Å²) in [5, 5.41) is 0. The second-order valence-corrected chi connectivity index (χ2v) is 7.26. The number of rotatable bonds is 3. The Labute approximate surface area is 124 Å². The highest BCUT2D eigenvalue weighted by Crippen LogP contribution is 2.22. The normalized spacial score (nSPS) is 17.2. The first-order valence-corrected chi connectivity index (χ1v) is 8.52. The summed E-state index contributed by atoms with van der Waals surface area (Å²) in [5.74, 6) is 0.741. The smallest absolute Gasteiger partial charge is 0.211 e. The number of nitrogens with zero attached hydrogens (tertiary/aromatic N) is 3. The molecule has 1 fully saturated rings. The molecule has 6 nitrogen and oxygen atoms in total. The molecule has 1 saturated heterocycles. The summed E-state index contributed by atoms with van der Waals surface area (Å²) in [5.41, 5.74) is 7.53. The van der Waals surface area contributed by atoms with Crippen molar-refractivity contribution in [3.05, 3.63) is 23.4 Å². The fraction of sp³-hybridized carbons (Fsp3) is 0.500. The van der Waals surface area contributed by atoms with Crippen LogP contribution in [0, 0.1) is 6.92 Å². The molecule has 2 rings (SSSR count). The van der Waals surface area contributed by atoms with Crippen molar-refractivity contribution in [2.24, 2.45) is 5.73 Å². The maximum absolute atomic E-state index is 11.5. The molecule has 1 aliphatic rings. The molecule has 0 aromatic carbocycles. The van der Waals surface area contributed by atoms with Gasteiger partial charge in [0.1, 0.15) is 10.8 Å². The molecule has 0 spiro atoms. The molecule has 0 aliphatic carbocycles. The van der Waals surface area contributed by atoms with Crippen molar-refractivity contribution in [1.29, 1.82) is 0 Å². The van der Waals surface area contributed by atoms with Gasteiger partial charge in [-0.2, -0.15) is 4.31 Å². The number of thiocarbonyl (C=S) groups is 1. The second kappa shape index (κ2) is 5.63. The Morgan fingerprint density at radius 3 is 2.45 bits per heavy atom. The number of aromatic nitrogens is 1. The summed E-state index contributed by atoms with van der Waals surface area (Å²) < 4.78 is 24.5. The number of pyridine rings is 1. The van der Waals surface area contributed by atoms with Gasteiger partial charge in [0, 0.05) is 32.4 Å². The van der Waals surface area contributed by atoms with Crippen LogP contribution in [0.5, 0.6) is 0 Å². The summed E-state index contributed by atoms with van der Waals surface area (Å²) >= 11 is 5.09. The Bertz CT molecular complexity index is 622. The van der Waals surface area contributed by atoms with Crippen molar-refractivity contribution in [3.8, 4) is 0 Å². The first kappa shape index (κ1) is 15.1. The van der Waals surface area contributed by atoms with Gasteiger partial charge in [-0.3, -0.25) is 0 Å². The van der Waals surface area contributed by atoms with Crippen molar-refractivity contribution in [2.45, 2.75) is 6.92 Å². The van der Waals surface area contributed by atoms with E-state index in [-0.39, 0.29) is 0 Å². The average Bonchev–Trinajstić information content (AvgIpc) is 2.37. The molecule has 2 heterocycles. The summed E-state index contributed by atoms with van der Waals surface area (Å²) in [6, 6.07) is 1.87. The lowest BCUT2D eigenvalue weighted by atomic mass is 10.1. The van der Waals surface area contributed by atoms with Crippen LogP contribution in [-0.4, -0.2) is 55.1 Å². The highest BCUT2D eigenvalue weighted by molar-refractivity contribution is 7.88.